The van der Waals surface area contributed by atoms with E-state index in [9.17, 15) is 4.79 Å². The van der Waals surface area contributed by atoms with E-state index in [4.69, 9.17) is 20.4 Å². The van der Waals surface area contributed by atoms with Gasteiger partial charge in [0.1, 0.15) is 11.2 Å². The molecule has 0 saturated carbocycles. The van der Waals surface area contributed by atoms with E-state index in [1.807, 2.05) is 26.0 Å². The van der Waals surface area contributed by atoms with Crippen LogP contribution in [0, 0.1) is 13.8 Å². The monoisotopic (exact) mass is 326 g/mol. The standard InChI is InChI=1S/C19H15ClO3/c1-10-9-22-18-11(2)19-15(7-13(10)18)14(8-17(21)23-19)12-5-3-4-6-16(12)20/h3,5,7-9H,4,6H2,1-2H3. The summed E-state index contributed by atoms with van der Waals surface area (Å²) in [7, 11) is 0. The Hall–Kier alpha value is -2.26. The fourth-order valence-corrected chi connectivity index (χ4v) is 3.46. The molecule has 4 rings (SSSR count). The molecule has 0 spiro atoms. The maximum Gasteiger partial charge on any atom is 0.336 e. The number of halogens is 1. The van der Waals surface area contributed by atoms with Crippen LogP contribution in [0.4, 0.5) is 0 Å². The van der Waals surface area contributed by atoms with Crippen molar-refractivity contribution in [1.29, 1.82) is 0 Å². The molecule has 1 aliphatic rings. The normalized spacial score (nSPS) is 15.1. The second-order valence-corrected chi connectivity index (χ2v) is 6.37. The molecule has 0 atom stereocenters. The third-order valence-electron chi connectivity index (χ3n) is 4.39. The highest BCUT2D eigenvalue weighted by atomic mass is 35.5. The van der Waals surface area contributed by atoms with Crippen LogP contribution in [-0.2, 0) is 0 Å². The highest BCUT2D eigenvalue weighted by molar-refractivity contribution is 6.33. The molecule has 2 heterocycles. The predicted octanol–water partition coefficient (Wildman–Crippen LogP) is 5.46. The summed E-state index contributed by atoms with van der Waals surface area (Å²) < 4.78 is 11.1. The average Bonchev–Trinajstić information content (AvgIpc) is 2.90. The molecule has 0 aliphatic heterocycles. The largest absolute Gasteiger partial charge is 0.464 e. The lowest BCUT2D eigenvalue weighted by Gasteiger charge is -2.13. The maximum atomic E-state index is 12.1. The summed E-state index contributed by atoms with van der Waals surface area (Å²) in [6.45, 7) is 3.91. The van der Waals surface area contributed by atoms with Gasteiger partial charge in [-0.05, 0) is 43.9 Å². The van der Waals surface area contributed by atoms with Crippen molar-refractivity contribution in [2.45, 2.75) is 26.7 Å². The van der Waals surface area contributed by atoms with Crippen molar-refractivity contribution in [3.63, 3.8) is 0 Å². The van der Waals surface area contributed by atoms with Gasteiger partial charge < -0.3 is 8.83 Å². The molecule has 3 nitrogen and oxygen atoms in total. The van der Waals surface area contributed by atoms with E-state index in [0.717, 1.165) is 56.5 Å². The van der Waals surface area contributed by atoms with Gasteiger partial charge >= 0.3 is 5.63 Å². The minimum Gasteiger partial charge on any atom is -0.464 e. The van der Waals surface area contributed by atoms with Gasteiger partial charge in [0.05, 0.1) is 6.26 Å². The second kappa shape index (κ2) is 5.14. The summed E-state index contributed by atoms with van der Waals surface area (Å²) in [4.78, 5) is 12.1. The highest BCUT2D eigenvalue weighted by Gasteiger charge is 2.18. The van der Waals surface area contributed by atoms with Gasteiger partial charge in [-0.3, -0.25) is 0 Å². The van der Waals surface area contributed by atoms with E-state index in [1.165, 1.54) is 6.07 Å². The topological polar surface area (TPSA) is 43.4 Å². The number of hydrogen-bond donors (Lipinski definition) is 0. The number of fused-ring (bicyclic) bond motifs is 2. The van der Waals surface area contributed by atoms with Crippen LogP contribution in [0.3, 0.4) is 0 Å². The lowest BCUT2D eigenvalue weighted by Crippen LogP contribution is -2.02. The molecule has 0 amide bonds. The Morgan fingerprint density at radius 2 is 1.96 bits per heavy atom. The van der Waals surface area contributed by atoms with Crippen molar-refractivity contribution in [1.82, 2.24) is 0 Å². The van der Waals surface area contributed by atoms with Crippen molar-refractivity contribution in [2.75, 3.05) is 0 Å². The van der Waals surface area contributed by atoms with Crippen LogP contribution in [0.15, 0.2) is 49.2 Å². The molecule has 23 heavy (non-hydrogen) atoms. The second-order valence-electron chi connectivity index (χ2n) is 5.91. The molecule has 0 fully saturated rings. The van der Waals surface area contributed by atoms with E-state index < -0.39 is 0 Å². The van der Waals surface area contributed by atoms with Gasteiger partial charge in [-0.1, -0.05) is 23.8 Å². The maximum absolute atomic E-state index is 12.1. The van der Waals surface area contributed by atoms with Crippen LogP contribution in [0.1, 0.15) is 29.5 Å². The number of hydrogen-bond acceptors (Lipinski definition) is 3. The number of benzene rings is 1. The molecule has 1 aromatic carbocycles. The summed E-state index contributed by atoms with van der Waals surface area (Å²) >= 11 is 6.42. The first-order valence-electron chi connectivity index (χ1n) is 7.57. The van der Waals surface area contributed by atoms with Crippen LogP contribution in [0.25, 0.3) is 27.5 Å². The molecule has 0 radical (unpaired) electrons. The number of furan rings is 1. The van der Waals surface area contributed by atoms with E-state index in [1.54, 1.807) is 6.26 Å². The molecule has 116 valence electrons. The zero-order valence-corrected chi connectivity index (χ0v) is 13.7. The highest BCUT2D eigenvalue weighted by Crippen LogP contribution is 2.37. The molecule has 0 bridgehead atoms. The zero-order valence-electron chi connectivity index (χ0n) is 12.9. The molecule has 4 heteroatoms. The third-order valence-corrected chi connectivity index (χ3v) is 4.78. The molecular formula is C19H15ClO3. The molecular weight excluding hydrogens is 312 g/mol. The molecule has 0 N–H and O–H groups in total. The Balaban J connectivity index is 2.18. The van der Waals surface area contributed by atoms with Gasteiger partial charge in [0.25, 0.3) is 0 Å². The minimum atomic E-state index is -0.380. The molecule has 1 aliphatic carbocycles. The van der Waals surface area contributed by atoms with Crippen LogP contribution < -0.4 is 5.63 Å². The fourth-order valence-electron chi connectivity index (χ4n) is 3.19. The van der Waals surface area contributed by atoms with Crippen LogP contribution in [-0.4, -0.2) is 0 Å². The summed E-state index contributed by atoms with van der Waals surface area (Å²) in [6, 6.07) is 3.55. The van der Waals surface area contributed by atoms with Crippen LogP contribution in [0.5, 0.6) is 0 Å². The van der Waals surface area contributed by atoms with Gasteiger partial charge in [-0.2, -0.15) is 0 Å². The summed E-state index contributed by atoms with van der Waals surface area (Å²) in [6.07, 6.45) is 7.51. The van der Waals surface area contributed by atoms with Crippen molar-refractivity contribution < 1.29 is 8.83 Å². The Morgan fingerprint density at radius 1 is 1.13 bits per heavy atom. The van der Waals surface area contributed by atoms with Gasteiger partial charge in [0, 0.05) is 33.0 Å². The minimum absolute atomic E-state index is 0.380. The van der Waals surface area contributed by atoms with Crippen molar-refractivity contribution in [3.8, 4) is 0 Å². The van der Waals surface area contributed by atoms with Crippen molar-refractivity contribution in [2.24, 2.45) is 0 Å². The zero-order chi connectivity index (χ0) is 16.1. The summed E-state index contributed by atoms with van der Waals surface area (Å²) in [5.74, 6) is 0. The Labute approximate surface area is 137 Å². The number of rotatable bonds is 1. The van der Waals surface area contributed by atoms with Crippen LogP contribution >= 0.6 is 11.6 Å². The van der Waals surface area contributed by atoms with E-state index in [2.05, 4.69) is 6.08 Å². The van der Waals surface area contributed by atoms with E-state index in [-0.39, 0.29) is 5.63 Å². The Kier molecular flexibility index (Phi) is 3.20. The summed E-state index contributed by atoms with van der Waals surface area (Å²) in [5, 5.41) is 2.70. The van der Waals surface area contributed by atoms with Gasteiger partial charge in [-0.15, -0.1) is 0 Å². The SMILES string of the molecule is Cc1coc2c(C)c3oc(=O)cc(C4=C(Cl)CCC=C4)c3cc12. The Bertz CT molecular complexity index is 1060. The lowest BCUT2D eigenvalue weighted by atomic mass is 9.95. The lowest BCUT2D eigenvalue weighted by molar-refractivity contribution is 0.555. The van der Waals surface area contributed by atoms with Crippen LogP contribution in [0.2, 0.25) is 0 Å². The van der Waals surface area contributed by atoms with E-state index >= 15 is 0 Å². The smallest absolute Gasteiger partial charge is 0.336 e. The Morgan fingerprint density at radius 3 is 2.74 bits per heavy atom. The number of aryl methyl sites for hydroxylation is 2. The first kappa shape index (κ1) is 14.3. The summed E-state index contributed by atoms with van der Waals surface area (Å²) in [5.41, 5.74) is 4.55. The predicted molar refractivity (Wildman–Crippen MR) is 92.9 cm³/mol. The van der Waals surface area contributed by atoms with Crippen molar-refractivity contribution in [3.05, 3.63) is 62.7 Å². The quantitative estimate of drug-likeness (QED) is 0.558. The first-order chi connectivity index (χ1) is 11.1. The van der Waals surface area contributed by atoms with Gasteiger partial charge in [-0.25, -0.2) is 4.79 Å². The molecule has 3 aromatic rings. The van der Waals surface area contributed by atoms with E-state index in [0.29, 0.717) is 5.58 Å². The van der Waals surface area contributed by atoms with Crippen molar-refractivity contribution >= 4 is 39.1 Å². The first-order valence-corrected chi connectivity index (χ1v) is 7.95. The molecule has 0 saturated heterocycles. The average molecular weight is 327 g/mol. The number of allylic oxidation sites excluding steroid dienone is 4. The fraction of sp³-hybridized carbons (Fsp3) is 0.211. The van der Waals surface area contributed by atoms with Gasteiger partial charge in [0.15, 0.2) is 0 Å². The molecule has 0 unspecified atom stereocenters. The third kappa shape index (κ3) is 2.15. The van der Waals surface area contributed by atoms with Gasteiger partial charge in [0.2, 0.25) is 0 Å². The molecule has 2 aromatic heterocycles.